The van der Waals surface area contributed by atoms with E-state index in [9.17, 15) is 2.74 Å². The fraction of sp³-hybridized carbons (Fsp3) is 0. The first-order valence-corrected chi connectivity index (χ1v) is 17.2. The number of hydrogen-bond donors (Lipinski definition) is 0. The van der Waals surface area contributed by atoms with Crippen molar-refractivity contribution in [1.29, 1.82) is 0 Å². The normalized spacial score (nSPS) is 13.5. The average Bonchev–Trinajstić information content (AvgIpc) is 3.68. The number of benzene rings is 8. The first-order chi connectivity index (χ1) is 29.6. The highest BCUT2D eigenvalue weighted by Crippen LogP contribution is 2.39. The molecule has 2 aromatic heterocycles. The summed E-state index contributed by atoms with van der Waals surface area (Å²) in [5, 5.41) is 2.08. The van der Waals surface area contributed by atoms with E-state index in [1.807, 2.05) is 146 Å². The zero-order valence-corrected chi connectivity index (χ0v) is 28.1. The Morgan fingerprint density at radius 3 is 1.60 bits per heavy atom. The van der Waals surface area contributed by atoms with Gasteiger partial charge in [0.15, 0.2) is 17.5 Å². The molecule has 0 atom stereocenters. The lowest BCUT2D eigenvalue weighted by molar-refractivity contribution is 1.07. The Kier molecular flexibility index (Phi) is 5.66. The third-order valence-corrected chi connectivity index (χ3v) is 9.49. The minimum Gasteiger partial charge on any atom is -0.309 e. The highest BCUT2D eigenvalue weighted by Gasteiger charge is 2.19. The maximum atomic E-state index is 9.28. The van der Waals surface area contributed by atoms with Crippen LogP contribution in [0.3, 0.4) is 0 Å². The third-order valence-electron chi connectivity index (χ3n) is 9.49. The quantitative estimate of drug-likeness (QED) is 0.175. The minimum atomic E-state index is -0.506. The van der Waals surface area contributed by atoms with Crippen molar-refractivity contribution in [3.63, 3.8) is 0 Å². The summed E-state index contributed by atoms with van der Waals surface area (Å²) in [4.78, 5) is 15.0. The zero-order chi connectivity index (χ0) is 42.1. The van der Waals surface area contributed by atoms with Crippen molar-refractivity contribution in [2.45, 2.75) is 0 Å². The molecule has 2 heterocycles. The molecule has 0 unspecified atom stereocenters. The Morgan fingerprint density at radius 2 is 0.906 bits per heavy atom. The van der Waals surface area contributed by atoms with E-state index in [4.69, 9.17) is 23.2 Å². The summed E-state index contributed by atoms with van der Waals surface area (Å²) in [5.41, 5.74) is 5.84. The van der Waals surface area contributed by atoms with Crippen LogP contribution in [0.2, 0.25) is 0 Å². The summed E-state index contributed by atoms with van der Waals surface area (Å²) in [6.45, 7) is 0. The molecule has 0 radical (unpaired) electrons. The van der Waals surface area contributed by atoms with Gasteiger partial charge in [0, 0.05) is 33.0 Å². The van der Waals surface area contributed by atoms with Gasteiger partial charge in [0.2, 0.25) is 0 Å². The summed E-state index contributed by atoms with van der Waals surface area (Å²) < 4.78 is 73.0. The van der Waals surface area contributed by atoms with Crippen molar-refractivity contribution in [2.75, 3.05) is 0 Å². The van der Waals surface area contributed by atoms with Gasteiger partial charge in [-0.1, -0.05) is 164 Å². The molecule has 0 aliphatic carbocycles. The van der Waals surface area contributed by atoms with Gasteiger partial charge in [0.1, 0.15) is 0 Å². The van der Waals surface area contributed by atoms with Crippen molar-refractivity contribution in [2.24, 2.45) is 0 Å². The molecule has 0 amide bonds. The summed E-state index contributed by atoms with van der Waals surface area (Å²) >= 11 is 0. The van der Waals surface area contributed by atoms with Gasteiger partial charge < -0.3 is 4.57 Å². The molecule has 10 aromatic rings. The molecule has 4 nitrogen and oxygen atoms in total. The van der Waals surface area contributed by atoms with Crippen LogP contribution in [0.1, 0.15) is 11.0 Å². The lowest BCUT2D eigenvalue weighted by atomic mass is 9.96. The second-order valence-electron chi connectivity index (χ2n) is 12.7. The van der Waals surface area contributed by atoms with Crippen molar-refractivity contribution in [1.82, 2.24) is 19.5 Å². The van der Waals surface area contributed by atoms with Crippen LogP contribution in [0.25, 0.3) is 94.7 Å². The highest BCUT2D eigenvalue weighted by atomic mass is 15.0. The molecule has 0 aliphatic rings. The second kappa shape index (κ2) is 12.9. The fourth-order valence-electron chi connectivity index (χ4n) is 6.94. The van der Waals surface area contributed by atoms with Crippen LogP contribution in [-0.2, 0) is 0 Å². The van der Waals surface area contributed by atoms with E-state index in [2.05, 4.69) is 0 Å². The zero-order valence-electron chi connectivity index (χ0n) is 36.1. The molecule has 0 N–H and O–H groups in total. The number of rotatable bonds is 6. The molecule has 0 aliphatic heterocycles. The predicted octanol–water partition coefficient (Wildman–Crippen LogP) is 12.5. The van der Waals surface area contributed by atoms with E-state index in [1.54, 1.807) is 4.57 Å². The van der Waals surface area contributed by atoms with Gasteiger partial charge in [-0.3, -0.25) is 0 Å². The third kappa shape index (κ3) is 5.54. The number of nitrogens with zero attached hydrogens (tertiary/aromatic N) is 4. The van der Waals surface area contributed by atoms with Gasteiger partial charge >= 0.3 is 0 Å². The Hall–Kier alpha value is -7.17. The number of para-hydroxylation sites is 2. The van der Waals surface area contributed by atoms with Crippen LogP contribution in [0.5, 0.6) is 0 Å². The summed E-state index contributed by atoms with van der Waals surface area (Å²) in [6, 6.07) is 43.5. The number of hydrogen-bond acceptors (Lipinski definition) is 3. The van der Waals surface area contributed by atoms with Crippen molar-refractivity contribution in [3.05, 3.63) is 194 Å². The van der Waals surface area contributed by atoms with Gasteiger partial charge in [-0.15, -0.1) is 0 Å². The van der Waals surface area contributed by atoms with E-state index < -0.39 is 36.3 Å². The molecule has 8 aromatic carbocycles. The predicted molar refractivity (Wildman–Crippen MR) is 219 cm³/mol. The largest absolute Gasteiger partial charge is 0.309 e. The molecule has 0 fully saturated rings. The molecule has 0 bridgehead atoms. The number of fused-ring (bicyclic) bond motifs is 4. The first kappa shape index (κ1) is 23.3. The minimum absolute atomic E-state index is 0.00694. The Morgan fingerprint density at radius 1 is 0.377 bits per heavy atom. The maximum Gasteiger partial charge on any atom is 0.164 e. The Balaban J connectivity index is 1.31. The van der Waals surface area contributed by atoms with E-state index in [0.717, 1.165) is 38.6 Å². The molecule has 248 valence electrons. The van der Waals surface area contributed by atoms with Crippen LogP contribution in [0, 0.1) is 0 Å². The Labute approximate surface area is 318 Å². The molecular weight excluding hydrogens is 645 g/mol. The molecule has 0 saturated heterocycles. The molecule has 0 saturated carbocycles. The lowest BCUT2D eigenvalue weighted by Crippen LogP contribution is -2.02. The van der Waals surface area contributed by atoms with Crippen molar-refractivity contribution >= 4 is 32.6 Å². The molecule has 4 heteroatoms. The van der Waals surface area contributed by atoms with Crippen molar-refractivity contribution < 1.29 is 11.0 Å². The van der Waals surface area contributed by atoms with Crippen LogP contribution in [0.4, 0.5) is 0 Å². The van der Waals surface area contributed by atoms with Crippen molar-refractivity contribution in [3.8, 4) is 62.1 Å². The second-order valence-corrected chi connectivity index (χ2v) is 12.7. The monoisotopic (exact) mass is 684 g/mol. The Bertz CT molecular complexity index is 3330. The van der Waals surface area contributed by atoms with Gasteiger partial charge in [0.05, 0.1) is 27.7 Å². The SMILES string of the molecule is [2H]c1c([2H])c([2H])c2c(c1[2H])c1c([2H])c([2H])c([2H])c([2H])c1n2-c1cc(-c2nc(-c3ccccc3)nc(-c3ccc4ccccc4c3)n2)ccc1-c1cccc(-c2ccccc2)c1. The molecular formula is C49H32N4. The van der Waals surface area contributed by atoms with Crippen LogP contribution < -0.4 is 0 Å². The summed E-state index contributed by atoms with van der Waals surface area (Å²) in [6.07, 6.45) is 0. The lowest BCUT2D eigenvalue weighted by Gasteiger charge is -2.17. The van der Waals surface area contributed by atoms with Crippen LogP contribution in [-0.4, -0.2) is 19.5 Å². The van der Waals surface area contributed by atoms with E-state index >= 15 is 0 Å². The van der Waals surface area contributed by atoms with E-state index in [0.29, 0.717) is 34.3 Å². The van der Waals surface area contributed by atoms with E-state index in [-0.39, 0.29) is 33.9 Å². The van der Waals surface area contributed by atoms with Gasteiger partial charge in [-0.2, -0.15) is 0 Å². The fourth-order valence-corrected chi connectivity index (χ4v) is 6.94. The molecule has 0 spiro atoms. The van der Waals surface area contributed by atoms with E-state index in [1.165, 1.54) is 0 Å². The summed E-state index contributed by atoms with van der Waals surface area (Å²) in [5.74, 6) is 1.21. The van der Waals surface area contributed by atoms with Gasteiger partial charge in [-0.05, 0) is 57.7 Å². The number of aromatic nitrogens is 4. The van der Waals surface area contributed by atoms with Gasteiger partial charge in [-0.25, -0.2) is 15.0 Å². The standard InChI is InChI=1S/C49H32N4/c1-3-14-33(15-4-1)37-20-13-21-38(30-37)41-29-28-40(32-46(41)53-44-24-11-9-22-42(44)43-23-10-12-25-45(43)53)49-51-47(35-17-5-2-6-18-35)50-48(52-49)39-27-26-34-16-7-8-19-36(34)31-39/h1-32H/i9D,10D,11D,12D,22D,23D,24D,25D. The van der Waals surface area contributed by atoms with Crippen LogP contribution in [0.15, 0.2) is 194 Å². The van der Waals surface area contributed by atoms with Gasteiger partial charge in [0.25, 0.3) is 0 Å². The summed E-state index contributed by atoms with van der Waals surface area (Å²) in [7, 11) is 0. The maximum absolute atomic E-state index is 9.28. The topological polar surface area (TPSA) is 43.6 Å². The first-order valence-electron chi connectivity index (χ1n) is 21.2. The molecule has 10 rings (SSSR count). The van der Waals surface area contributed by atoms with Crippen LogP contribution >= 0.6 is 0 Å². The molecule has 53 heavy (non-hydrogen) atoms. The smallest absolute Gasteiger partial charge is 0.164 e. The highest BCUT2D eigenvalue weighted by molar-refractivity contribution is 6.10. The average molecular weight is 685 g/mol.